The van der Waals surface area contributed by atoms with Gasteiger partial charge in [0.1, 0.15) is 0 Å². The van der Waals surface area contributed by atoms with Crippen LogP contribution in [-0.2, 0) is 15.1 Å². The maximum atomic E-state index is 13.7. The Labute approximate surface area is 247 Å². The molecule has 7 heteroatoms. The van der Waals surface area contributed by atoms with E-state index < -0.39 is 0 Å². The van der Waals surface area contributed by atoms with Gasteiger partial charge >= 0.3 is 0 Å². The molecule has 2 N–H and O–H groups in total. The molecule has 1 aliphatic heterocycles. The summed E-state index contributed by atoms with van der Waals surface area (Å²) in [4.78, 5) is 36.2. The van der Waals surface area contributed by atoms with Crippen LogP contribution in [0, 0.1) is 5.92 Å². The third kappa shape index (κ3) is 6.26. The molecule has 0 bridgehead atoms. The number of likely N-dealkylation sites (tertiary alicyclic amines) is 1. The minimum atomic E-state index is -0.371. The van der Waals surface area contributed by atoms with Gasteiger partial charge in [-0.3, -0.25) is 14.5 Å². The van der Waals surface area contributed by atoms with Crippen LogP contribution in [0.1, 0.15) is 67.5 Å². The predicted molar refractivity (Wildman–Crippen MR) is 168 cm³/mol. The highest BCUT2D eigenvalue weighted by Gasteiger charge is 2.40. The molecule has 6 nitrogen and oxygen atoms in total. The number of benzene rings is 2. The van der Waals surface area contributed by atoms with Gasteiger partial charge in [0.2, 0.25) is 11.8 Å². The molecule has 1 fully saturated rings. The number of carbonyl (C=O) groups is 2. The zero-order valence-electron chi connectivity index (χ0n) is 24.6. The number of aromatic nitrogens is 1. The van der Waals surface area contributed by atoms with Crippen LogP contribution in [0.3, 0.4) is 0 Å². The van der Waals surface area contributed by atoms with Crippen molar-refractivity contribution in [3.63, 3.8) is 0 Å². The van der Waals surface area contributed by atoms with Crippen LogP contribution < -0.4 is 5.32 Å². The lowest BCUT2D eigenvalue weighted by molar-refractivity contribution is -0.134. The molecule has 0 radical (unpaired) electrons. The van der Waals surface area contributed by atoms with Crippen LogP contribution in [0.2, 0.25) is 0 Å². The van der Waals surface area contributed by atoms with Gasteiger partial charge in [0.25, 0.3) is 0 Å². The Morgan fingerprint density at radius 1 is 0.976 bits per heavy atom. The first-order valence-electron chi connectivity index (χ1n) is 14.7. The molecule has 1 aliphatic rings. The molecule has 216 valence electrons. The molecule has 2 amide bonds. The zero-order chi connectivity index (χ0) is 29.0. The van der Waals surface area contributed by atoms with E-state index in [9.17, 15) is 9.59 Å². The van der Waals surface area contributed by atoms with Gasteiger partial charge in [-0.2, -0.15) is 0 Å². The Morgan fingerprint density at radius 3 is 2.34 bits per heavy atom. The number of hydrogen-bond donors (Lipinski definition) is 2. The van der Waals surface area contributed by atoms with Crippen LogP contribution in [0.25, 0.3) is 10.9 Å². The number of amides is 2. The van der Waals surface area contributed by atoms with E-state index in [-0.39, 0.29) is 41.7 Å². The molecule has 2 aromatic carbocycles. The molecular weight excluding hydrogens is 528 g/mol. The lowest BCUT2D eigenvalue weighted by atomic mass is 9.84. The van der Waals surface area contributed by atoms with Gasteiger partial charge in [-0.15, -0.1) is 11.3 Å². The van der Waals surface area contributed by atoms with E-state index in [1.807, 2.05) is 53.6 Å². The lowest BCUT2D eigenvalue weighted by Crippen LogP contribution is -2.51. The number of H-pyrrole nitrogens is 1. The largest absolute Gasteiger partial charge is 0.361 e. The number of aromatic amines is 1. The molecule has 0 saturated carbocycles. The normalized spacial score (nSPS) is 16.7. The van der Waals surface area contributed by atoms with Gasteiger partial charge < -0.3 is 15.2 Å². The fraction of sp³-hybridized carbons (Fsp3) is 0.412. The Hall–Kier alpha value is -3.42. The van der Waals surface area contributed by atoms with E-state index in [1.165, 1.54) is 10.4 Å². The molecule has 1 saturated heterocycles. The summed E-state index contributed by atoms with van der Waals surface area (Å²) in [6, 6.07) is 22.1. The number of hydrogen-bond acceptors (Lipinski definition) is 4. The summed E-state index contributed by atoms with van der Waals surface area (Å²) < 4.78 is 0. The van der Waals surface area contributed by atoms with E-state index in [1.54, 1.807) is 11.3 Å². The molecule has 41 heavy (non-hydrogen) atoms. The standard InChI is InChI=1S/C34H42N4O2S/c1-24(2)27(28-23-35-29-14-9-8-13-26(28)29)21-32(39)36-30(25-11-6-5-7-12-25)22-33(40)38-18-16-34(17-19-38,37(3)4)31-15-10-20-41-31/h5-15,20,23-24,27,30,35H,16-19,21-22H2,1-4H3,(H,36,39). The smallest absolute Gasteiger partial charge is 0.224 e. The molecule has 2 atom stereocenters. The number of carbonyl (C=O) groups excluding carboxylic acids is 2. The third-order valence-corrected chi connectivity index (χ3v) is 9.99. The van der Waals surface area contributed by atoms with Crippen molar-refractivity contribution in [3.8, 4) is 0 Å². The van der Waals surface area contributed by atoms with Crippen molar-refractivity contribution < 1.29 is 9.59 Å². The molecule has 0 aliphatic carbocycles. The molecule has 3 heterocycles. The highest BCUT2D eigenvalue weighted by molar-refractivity contribution is 7.10. The second kappa shape index (κ2) is 12.6. The van der Waals surface area contributed by atoms with Crippen LogP contribution in [-0.4, -0.2) is 53.8 Å². The summed E-state index contributed by atoms with van der Waals surface area (Å²) in [5.74, 6) is 0.413. The quantitative estimate of drug-likeness (QED) is 0.223. The zero-order valence-corrected chi connectivity index (χ0v) is 25.4. The lowest BCUT2D eigenvalue weighted by Gasteiger charge is -2.46. The summed E-state index contributed by atoms with van der Waals surface area (Å²) in [5.41, 5.74) is 3.18. The van der Waals surface area contributed by atoms with E-state index in [2.05, 4.69) is 72.8 Å². The summed E-state index contributed by atoms with van der Waals surface area (Å²) in [6.07, 6.45) is 4.46. The van der Waals surface area contributed by atoms with E-state index in [0.717, 1.165) is 29.3 Å². The molecule has 5 rings (SSSR count). The second-order valence-electron chi connectivity index (χ2n) is 11.9. The van der Waals surface area contributed by atoms with Crippen molar-refractivity contribution in [2.45, 2.75) is 57.0 Å². The number of para-hydroxylation sites is 1. The molecule has 2 unspecified atom stereocenters. The van der Waals surface area contributed by atoms with Crippen molar-refractivity contribution >= 4 is 34.1 Å². The summed E-state index contributed by atoms with van der Waals surface area (Å²) in [7, 11) is 4.28. The molecule has 2 aromatic heterocycles. The predicted octanol–water partition coefficient (Wildman–Crippen LogP) is 6.69. The number of nitrogens with zero attached hydrogens (tertiary/aromatic N) is 2. The van der Waals surface area contributed by atoms with Crippen LogP contribution in [0.15, 0.2) is 78.3 Å². The monoisotopic (exact) mass is 570 g/mol. The number of thiophene rings is 1. The fourth-order valence-corrected chi connectivity index (χ4v) is 7.45. The topological polar surface area (TPSA) is 68.4 Å². The van der Waals surface area contributed by atoms with Crippen molar-refractivity contribution in [2.75, 3.05) is 27.2 Å². The Balaban J connectivity index is 1.28. The van der Waals surface area contributed by atoms with Crippen LogP contribution >= 0.6 is 11.3 Å². The number of rotatable bonds is 10. The van der Waals surface area contributed by atoms with Crippen LogP contribution in [0.5, 0.6) is 0 Å². The minimum Gasteiger partial charge on any atom is -0.361 e. The number of piperidine rings is 1. The number of nitrogens with one attached hydrogen (secondary N) is 2. The number of fused-ring (bicyclic) bond motifs is 1. The van der Waals surface area contributed by atoms with E-state index in [0.29, 0.717) is 19.5 Å². The van der Waals surface area contributed by atoms with E-state index >= 15 is 0 Å². The first-order valence-corrected chi connectivity index (χ1v) is 15.6. The van der Waals surface area contributed by atoms with Crippen LogP contribution in [0.4, 0.5) is 0 Å². The van der Waals surface area contributed by atoms with Crippen molar-refractivity contribution in [1.82, 2.24) is 20.1 Å². The summed E-state index contributed by atoms with van der Waals surface area (Å²) >= 11 is 1.79. The molecule has 0 spiro atoms. The molecule has 4 aromatic rings. The van der Waals surface area contributed by atoms with Crippen molar-refractivity contribution in [3.05, 3.63) is 94.3 Å². The average Bonchev–Trinajstić information content (AvgIpc) is 3.67. The van der Waals surface area contributed by atoms with Gasteiger partial charge in [-0.05, 0) is 67.4 Å². The third-order valence-electron chi connectivity index (χ3n) is 8.93. The first-order chi connectivity index (χ1) is 19.8. The average molecular weight is 571 g/mol. The van der Waals surface area contributed by atoms with E-state index in [4.69, 9.17) is 0 Å². The van der Waals surface area contributed by atoms with Gasteiger partial charge in [0.15, 0.2) is 0 Å². The fourth-order valence-electron chi connectivity index (χ4n) is 6.38. The first kappa shape index (κ1) is 29.1. The highest BCUT2D eigenvalue weighted by Crippen LogP contribution is 2.40. The summed E-state index contributed by atoms with van der Waals surface area (Å²) in [6.45, 7) is 5.75. The SMILES string of the molecule is CC(C)C(CC(=O)NC(CC(=O)N1CCC(c2cccs2)(N(C)C)CC1)c1ccccc1)c1c[nH]c2ccccc12. The van der Waals surface area contributed by atoms with Gasteiger partial charge in [0, 0.05) is 41.5 Å². The van der Waals surface area contributed by atoms with Crippen molar-refractivity contribution in [1.29, 1.82) is 0 Å². The van der Waals surface area contributed by atoms with Gasteiger partial charge in [-0.1, -0.05) is 68.4 Å². The molecular formula is C34H42N4O2S. The maximum absolute atomic E-state index is 13.7. The van der Waals surface area contributed by atoms with Gasteiger partial charge in [-0.25, -0.2) is 0 Å². The minimum absolute atomic E-state index is 0.0291. The Kier molecular flexibility index (Phi) is 8.95. The summed E-state index contributed by atoms with van der Waals surface area (Å²) in [5, 5.41) is 6.55. The Morgan fingerprint density at radius 2 is 1.68 bits per heavy atom. The maximum Gasteiger partial charge on any atom is 0.224 e. The van der Waals surface area contributed by atoms with Gasteiger partial charge in [0.05, 0.1) is 18.0 Å². The van der Waals surface area contributed by atoms with Crippen molar-refractivity contribution in [2.24, 2.45) is 5.92 Å². The highest BCUT2D eigenvalue weighted by atomic mass is 32.1. The Bertz CT molecular complexity index is 1440. The second-order valence-corrected chi connectivity index (χ2v) is 12.8.